The van der Waals surface area contributed by atoms with Gasteiger partial charge in [0.15, 0.2) is 0 Å². The van der Waals surface area contributed by atoms with Crippen LogP contribution >= 0.6 is 0 Å². The molecule has 0 bridgehead atoms. The molecular weight excluding hydrogens is 266 g/mol. The summed E-state index contributed by atoms with van der Waals surface area (Å²) in [6.07, 6.45) is 0. The molecule has 5 heteroatoms. The van der Waals surface area contributed by atoms with Crippen molar-refractivity contribution in [3.8, 4) is 0 Å². The Morgan fingerprint density at radius 3 is 2.48 bits per heavy atom. The smallest absolute Gasteiger partial charge is 0.307 e. The predicted octanol–water partition coefficient (Wildman–Crippen LogP) is 2.79. The number of anilines is 1. The number of carbonyl (C=O) groups excluding carboxylic acids is 1. The van der Waals surface area contributed by atoms with Gasteiger partial charge in [-0.15, -0.1) is 0 Å². The van der Waals surface area contributed by atoms with Gasteiger partial charge in [0.25, 0.3) is 5.56 Å². The molecule has 0 saturated heterocycles. The van der Waals surface area contributed by atoms with Crippen LogP contribution in [0.5, 0.6) is 0 Å². The van der Waals surface area contributed by atoms with E-state index >= 15 is 0 Å². The van der Waals surface area contributed by atoms with E-state index in [1.807, 2.05) is 24.3 Å². The van der Waals surface area contributed by atoms with Crippen molar-refractivity contribution < 1.29 is 4.79 Å². The Morgan fingerprint density at radius 2 is 1.71 bits per heavy atom. The van der Waals surface area contributed by atoms with Gasteiger partial charge >= 0.3 is 6.03 Å². The third kappa shape index (κ3) is 2.41. The van der Waals surface area contributed by atoms with Crippen molar-refractivity contribution in [2.45, 2.75) is 6.92 Å². The van der Waals surface area contributed by atoms with E-state index in [0.717, 1.165) is 4.57 Å². The number of hydrogen-bond acceptors (Lipinski definition) is 3. The SMILES string of the molecule is Cc1nc2ccccc2c(=O)n1C(=O)Nc1ccccc1. The van der Waals surface area contributed by atoms with Crippen molar-refractivity contribution in [3.63, 3.8) is 0 Å². The minimum absolute atomic E-state index is 0.354. The first-order valence-corrected chi connectivity index (χ1v) is 6.51. The van der Waals surface area contributed by atoms with Crippen LogP contribution in [0.1, 0.15) is 5.82 Å². The number of nitrogens with zero attached hydrogens (tertiary/aromatic N) is 2. The molecule has 0 unspecified atom stereocenters. The Kier molecular flexibility index (Phi) is 3.23. The van der Waals surface area contributed by atoms with E-state index in [1.54, 1.807) is 37.3 Å². The van der Waals surface area contributed by atoms with Crippen LogP contribution in [0.25, 0.3) is 10.9 Å². The van der Waals surface area contributed by atoms with Crippen LogP contribution in [0.2, 0.25) is 0 Å². The van der Waals surface area contributed by atoms with Crippen molar-refractivity contribution in [1.29, 1.82) is 0 Å². The van der Waals surface area contributed by atoms with E-state index in [0.29, 0.717) is 22.4 Å². The Morgan fingerprint density at radius 1 is 1.05 bits per heavy atom. The molecule has 0 aliphatic carbocycles. The van der Waals surface area contributed by atoms with Crippen LogP contribution in [0.15, 0.2) is 59.4 Å². The van der Waals surface area contributed by atoms with Crippen molar-refractivity contribution in [2.24, 2.45) is 0 Å². The van der Waals surface area contributed by atoms with Crippen molar-refractivity contribution in [1.82, 2.24) is 9.55 Å². The number of carbonyl (C=O) groups is 1. The van der Waals surface area contributed by atoms with Crippen molar-refractivity contribution in [3.05, 3.63) is 70.8 Å². The van der Waals surface area contributed by atoms with Gasteiger partial charge in [0.05, 0.1) is 10.9 Å². The Bertz CT molecular complexity index is 870. The van der Waals surface area contributed by atoms with Gasteiger partial charge in [-0.3, -0.25) is 4.79 Å². The zero-order valence-electron chi connectivity index (χ0n) is 11.4. The standard InChI is InChI=1S/C16H13N3O2/c1-11-17-14-10-6-5-9-13(14)15(20)19(11)16(21)18-12-7-3-2-4-8-12/h2-10H,1H3,(H,18,21). The summed E-state index contributed by atoms with van der Waals surface area (Å²) in [5.41, 5.74) is 0.845. The van der Waals surface area contributed by atoms with E-state index in [1.165, 1.54) is 0 Å². The molecule has 0 saturated carbocycles. The fourth-order valence-corrected chi connectivity index (χ4v) is 2.18. The molecule has 104 valence electrons. The van der Waals surface area contributed by atoms with Gasteiger partial charge in [0.1, 0.15) is 5.82 Å². The highest BCUT2D eigenvalue weighted by Crippen LogP contribution is 2.09. The number of aromatic nitrogens is 2. The maximum Gasteiger partial charge on any atom is 0.334 e. The van der Waals surface area contributed by atoms with Crippen LogP contribution in [0.4, 0.5) is 10.5 Å². The van der Waals surface area contributed by atoms with Gasteiger partial charge in [0, 0.05) is 5.69 Å². The first kappa shape index (κ1) is 13.1. The molecule has 21 heavy (non-hydrogen) atoms. The average Bonchev–Trinajstić information content (AvgIpc) is 2.48. The number of para-hydroxylation sites is 2. The van der Waals surface area contributed by atoms with Crippen LogP contribution in [0, 0.1) is 6.92 Å². The zero-order valence-corrected chi connectivity index (χ0v) is 11.4. The van der Waals surface area contributed by atoms with Crippen LogP contribution in [0.3, 0.4) is 0 Å². The summed E-state index contributed by atoms with van der Waals surface area (Å²) in [7, 11) is 0. The molecular formula is C16H13N3O2. The molecule has 0 atom stereocenters. The number of hydrogen-bond donors (Lipinski definition) is 1. The number of amides is 1. The molecule has 1 heterocycles. The minimum atomic E-state index is -0.512. The molecule has 3 rings (SSSR count). The van der Waals surface area contributed by atoms with Gasteiger partial charge in [-0.05, 0) is 31.2 Å². The highest BCUT2D eigenvalue weighted by Gasteiger charge is 2.14. The molecule has 2 aromatic carbocycles. The van der Waals surface area contributed by atoms with E-state index < -0.39 is 6.03 Å². The number of aryl methyl sites for hydroxylation is 1. The molecule has 0 fully saturated rings. The minimum Gasteiger partial charge on any atom is -0.307 e. The van der Waals surface area contributed by atoms with Crippen LogP contribution in [-0.4, -0.2) is 15.6 Å². The molecule has 0 aliphatic heterocycles. The molecule has 1 aromatic heterocycles. The van der Waals surface area contributed by atoms with Gasteiger partial charge < -0.3 is 5.32 Å². The summed E-state index contributed by atoms with van der Waals surface area (Å²) in [6.45, 7) is 1.64. The molecule has 5 nitrogen and oxygen atoms in total. The summed E-state index contributed by atoms with van der Waals surface area (Å²) in [5, 5.41) is 3.11. The average molecular weight is 279 g/mol. The van der Waals surface area contributed by atoms with Gasteiger partial charge in [-0.1, -0.05) is 30.3 Å². The number of fused-ring (bicyclic) bond motifs is 1. The van der Waals surface area contributed by atoms with E-state index in [4.69, 9.17) is 0 Å². The zero-order chi connectivity index (χ0) is 14.8. The van der Waals surface area contributed by atoms with Gasteiger partial charge in [0.2, 0.25) is 0 Å². The maximum absolute atomic E-state index is 12.4. The second-order valence-electron chi connectivity index (χ2n) is 4.61. The Labute approximate surface area is 120 Å². The van der Waals surface area contributed by atoms with Crippen molar-refractivity contribution >= 4 is 22.6 Å². The molecule has 0 aliphatic rings. The summed E-state index contributed by atoms with van der Waals surface area (Å²) in [6, 6.07) is 15.4. The number of nitrogens with one attached hydrogen (secondary N) is 1. The Hall–Kier alpha value is -2.95. The maximum atomic E-state index is 12.4. The lowest BCUT2D eigenvalue weighted by molar-refractivity contribution is 0.252. The lowest BCUT2D eigenvalue weighted by Gasteiger charge is -2.10. The third-order valence-electron chi connectivity index (χ3n) is 3.17. The largest absolute Gasteiger partial charge is 0.334 e. The van der Waals surface area contributed by atoms with Gasteiger partial charge in [-0.2, -0.15) is 0 Å². The van der Waals surface area contributed by atoms with Crippen LogP contribution < -0.4 is 10.9 Å². The molecule has 0 spiro atoms. The van der Waals surface area contributed by atoms with E-state index in [2.05, 4.69) is 10.3 Å². The van der Waals surface area contributed by atoms with Gasteiger partial charge in [-0.25, -0.2) is 14.3 Å². The number of benzene rings is 2. The first-order chi connectivity index (χ1) is 10.2. The first-order valence-electron chi connectivity index (χ1n) is 6.51. The summed E-state index contributed by atoms with van der Waals surface area (Å²) in [5.74, 6) is 0.354. The lowest BCUT2D eigenvalue weighted by Crippen LogP contribution is -2.33. The van der Waals surface area contributed by atoms with Crippen LogP contribution in [-0.2, 0) is 0 Å². The second kappa shape index (κ2) is 5.20. The Balaban J connectivity index is 2.08. The monoisotopic (exact) mass is 279 g/mol. The lowest BCUT2D eigenvalue weighted by atomic mass is 10.2. The highest BCUT2D eigenvalue weighted by molar-refractivity contribution is 5.93. The molecule has 1 amide bonds. The summed E-state index contributed by atoms with van der Waals surface area (Å²) < 4.78 is 1.05. The fourth-order valence-electron chi connectivity index (χ4n) is 2.18. The molecule has 1 N–H and O–H groups in total. The normalized spacial score (nSPS) is 10.5. The summed E-state index contributed by atoms with van der Waals surface area (Å²) >= 11 is 0. The summed E-state index contributed by atoms with van der Waals surface area (Å²) in [4.78, 5) is 29.1. The third-order valence-corrected chi connectivity index (χ3v) is 3.17. The van der Waals surface area contributed by atoms with E-state index in [9.17, 15) is 9.59 Å². The molecule has 3 aromatic rings. The van der Waals surface area contributed by atoms with E-state index in [-0.39, 0.29) is 5.56 Å². The predicted molar refractivity (Wildman–Crippen MR) is 81.6 cm³/mol. The quantitative estimate of drug-likeness (QED) is 0.745. The second-order valence-corrected chi connectivity index (χ2v) is 4.61. The topological polar surface area (TPSA) is 64.0 Å². The fraction of sp³-hybridized carbons (Fsp3) is 0.0625. The number of rotatable bonds is 1. The molecule has 0 radical (unpaired) electrons. The van der Waals surface area contributed by atoms with Crippen molar-refractivity contribution in [2.75, 3.05) is 5.32 Å². The highest BCUT2D eigenvalue weighted by atomic mass is 16.2.